The summed E-state index contributed by atoms with van der Waals surface area (Å²) in [5.41, 5.74) is -0.456. The van der Waals surface area contributed by atoms with Crippen molar-refractivity contribution in [1.82, 2.24) is 4.90 Å². The van der Waals surface area contributed by atoms with Crippen LogP contribution in [0.4, 0.5) is 4.79 Å². The van der Waals surface area contributed by atoms with Crippen LogP contribution in [-0.2, 0) is 4.74 Å². The molecular weight excluding hydrogens is 190 g/mol. The molecule has 0 saturated carbocycles. The van der Waals surface area contributed by atoms with Crippen LogP contribution in [0, 0.1) is 18.3 Å². The van der Waals surface area contributed by atoms with Crippen molar-refractivity contribution in [2.24, 2.45) is 5.92 Å². The summed E-state index contributed by atoms with van der Waals surface area (Å²) >= 11 is 0. The van der Waals surface area contributed by atoms with Gasteiger partial charge in [0.05, 0.1) is 6.04 Å². The minimum absolute atomic E-state index is 0.102. The van der Waals surface area contributed by atoms with Gasteiger partial charge in [-0.25, -0.2) is 4.79 Å². The number of ether oxygens (including phenoxy) is 1. The zero-order valence-electron chi connectivity index (χ0n) is 9.91. The molecule has 1 saturated heterocycles. The lowest BCUT2D eigenvalue weighted by Crippen LogP contribution is -2.39. The molecule has 0 aromatic heterocycles. The monoisotopic (exact) mass is 209 g/mol. The van der Waals surface area contributed by atoms with Gasteiger partial charge in [-0.15, -0.1) is 6.42 Å². The van der Waals surface area contributed by atoms with Crippen LogP contribution in [0.2, 0.25) is 0 Å². The number of nitrogens with zero attached hydrogens (tertiary/aromatic N) is 1. The largest absolute Gasteiger partial charge is 0.444 e. The molecule has 0 aromatic carbocycles. The molecule has 0 aliphatic carbocycles. The molecule has 2 atom stereocenters. The number of amides is 1. The third-order valence-corrected chi connectivity index (χ3v) is 2.33. The van der Waals surface area contributed by atoms with Crippen molar-refractivity contribution in [2.45, 2.75) is 45.8 Å². The Labute approximate surface area is 91.8 Å². The number of terminal acetylenes is 1. The summed E-state index contributed by atoms with van der Waals surface area (Å²) in [5, 5.41) is 0. The molecule has 1 fully saturated rings. The van der Waals surface area contributed by atoms with Gasteiger partial charge < -0.3 is 4.74 Å². The fourth-order valence-electron chi connectivity index (χ4n) is 1.73. The van der Waals surface area contributed by atoms with E-state index < -0.39 is 5.60 Å². The fraction of sp³-hybridized carbons (Fsp3) is 0.750. The first-order chi connectivity index (χ1) is 6.83. The molecule has 3 nitrogen and oxygen atoms in total. The predicted molar refractivity (Wildman–Crippen MR) is 59.3 cm³/mol. The van der Waals surface area contributed by atoms with Crippen LogP contribution < -0.4 is 0 Å². The maximum absolute atomic E-state index is 11.8. The highest BCUT2D eigenvalue weighted by atomic mass is 16.6. The molecule has 0 spiro atoms. The van der Waals surface area contributed by atoms with Gasteiger partial charge in [0.2, 0.25) is 0 Å². The molecule has 1 rings (SSSR count). The second-order valence-electron chi connectivity index (χ2n) is 5.16. The summed E-state index contributed by atoms with van der Waals surface area (Å²) in [5.74, 6) is 3.09. The second kappa shape index (κ2) is 4.14. The van der Waals surface area contributed by atoms with Crippen molar-refractivity contribution in [3.63, 3.8) is 0 Å². The smallest absolute Gasteiger partial charge is 0.411 e. The Bertz CT molecular complexity index is 285. The van der Waals surface area contributed by atoms with Gasteiger partial charge in [0.1, 0.15) is 5.60 Å². The Morgan fingerprint density at radius 1 is 1.53 bits per heavy atom. The molecule has 15 heavy (non-hydrogen) atoms. The number of carbonyl (C=O) groups is 1. The lowest BCUT2D eigenvalue weighted by atomic mass is 10.1. The molecule has 1 aliphatic heterocycles. The van der Waals surface area contributed by atoms with Crippen molar-refractivity contribution >= 4 is 6.09 Å². The first kappa shape index (κ1) is 11.9. The van der Waals surface area contributed by atoms with E-state index in [1.54, 1.807) is 4.90 Å². The molecular formula is C12H19NO2. The quantitative estimate of drug-likeness (QED) is 0.573. The molecule has 0 aromatic rings. The summed E-state index contributed by atoms with van der Waals surface area (Å²) in [6, 6.07) is -0.102. The first-order valence-corrected chi connectivity index (χ1v) is 5.29. The Balaban J connectivity index is 2.64. The van der Waals surface area contributed by atoms with Crippen LogP contribution >= 0.6 is 0 Å². The standard InChI is InChI=1S/C12H19NO2/c1-6-10-7-9(2)8-13(10)11(14)15-12(3,4)5/h1,9-10H,7-8H2,2-5H3/t9-,10-/m1/s1. The Morgan fingerprint density at radius 2 is 2.13 bits per heavy atom. The van der Waals surface area contributed by atoms with E-state index in [4.69, 9.17) is 11.2 Å². The number of likely N-dealkylation sites (tertiary alicyclic amines) is 1. The van der Waals surface area contributed by atoms with E-state index in [0.29, 0.717) is 12.5 Å². The van der Waals surface area contributed by atoms with E-state index in [1.165, 1.54) is 0 Å². The molecule has 0 radical (unpaired) electrons. The summed E-state index contributed by atoms with van der Waals surface area (Å²) in [4.78, 5) is 13.4. The number of hydrogen-bond donors (Lipinski definition) is 0. The van der Waals surface area contributed by atoms with Gasteiger partial charge in [0, 0.05) is 6.54 Å². The van der Waals surface area contributed by atoms with Gasteiger partial charge in [-0.3, -0.25) is 4.90 Å². The maximum atomic E-state index is 11.8. The summed E-state index contributed by atoms with van der Waals surface area (Å²) in [7, 11) is 0. The first-order valence-electron chi connectivity index (χ1n) is 5.29. The van der Waals surface area contributed by atoms with Gasteiger partial charge in [0.25, 0.3) is 0 Å². The summed E-state index contributed by atoms with van der Waals surface area (Å²) in [6.07, 6.45) is 5.96. The van der Waals surface area contributed by atoms with Gasteiger partial charge >= 0.3 is 6.09 Å². The van der Waals surface area contributed by atoms with Gasteiger partial charge in [-0.05, 0) is 33.1 Å². The number of hydrogen-bond acceptors (Lipinski definition) is 2. The van der Waals surface area contributed by atoms with Gasteiger partial charge in [0.15, 0.2) is 0 Å². The van der Waals surface area contributed by atoms with Gasteiger partial charge in [-0.1, -0.05) is 12.8 Å². The molecule has 84 valence electrons. The zero-order chi connectivity index (χ0) is 11.6. The van der Waals surface area contributed by atoms with E-state index in [9.17, 15) is 4.79 Å². The third kappa shape index (κ3) is 3.16. The lowest BCUT2D eigenvalue weighted by Gasteiger charge is -2.26. The molecule has 1 heterocycles. The maximum Gasteiger partial charge on any atom is 0.411 e. The van der Waals surface area contributed by atoms with Crippen LogP contribution in [0.5, 0.6) is 0 Å². The highest BCUT2D eigenvalue weighted by Gasteiger charge is 2.34. The highest BCUT2D eigenvalue weighted by Crippen LogP contribution is 2.24. The van der Waals surface area contributed by atoms with Crippen LogP contribution in [0.25, 0.3) is 0 Å². The second-order valence-corrected chi connectivity index (χ2v) is 5.16. The van der Waals surface area contributed by atoms with E-state index in [-0.39, 0.29) is 12.1 Å². The van der Waals surface area contributed by atoms with Crippen LogP contribution in [0.3, 0.4) is 0 Å². The SMILES string of the molecule is C#C[C@@H]1C[C@@H](C)CN1C(=O)OC(C)(C)C. The van der Waals surface area contributed by atoms with E-state index in [0.717, 1.165) is 6.42 Å². The zero-order valence-corrected chi connectivity index (χ0v) is 9.91. The normalized spacial score (nSPS) is 26.2. The average molecular weight is 209 g/mol. The van der Waals surface area contributed by atoms with E-state index in [2.05, 4.69) is 12.8 Å². The van der Waals surface area contributed by atoms with E-state index in [1.807, 2.05) is 20.8 Å². The number of rotatable bonds is 0. The Hall–Kier alpha value is -1.17. The van der Waals surface area contributed by atoms with Gasteiger partial charge in [-0.2, -0.15) is 0 Å². The molecule has 3 heteroatoms. The molecule has 0 bridgehead atoms. The minimum Gasteiger partial charge on any atom is -0.444 e. The number of carbonyl (C=O) groups excluding carboxylic acids is 1. The van der Waals surface area contributed by atoms with Crippen molar-refractivity contribution in [3.05, 3.63) is 0 Å². The van der Waals surface area contributed by atoms with Crippen molar-refractivity contribution in [1.29, 1.82) is 0 Å². The Kier molecular flexibility index (Phi) is 3.28. The summed E-state index contributed by atoms with van der Waals surface area (Å²) in [6.45, 7) is 8.36. The van der Waals surface area contributed by atoms with Crippen LogP contribution in [0.1, 0.15) is 34.1 Å². The van der Waals surface area contributed by atoms with Crippen molar-refractivity contribution in [3.8, 4) is 12.3 Å². The van der Waals surface area contributed by atoms with Crippen LogP contribution in [-0.4, -0.2) is 29.2 Å². The van der Waals surface area contributed by atoms with Crippen LogP contribution in [0.15, 0.2) is 0 Å². The lowest BCUT2D eigenvalue weighted by molar-refractivity contribution is 0.0256. The van der Waals surface area contributed by atoms with E-state index >= 15 is 0 Å². The van der Waals surface area contributed by atoms with Crippen molar-refractivity contribution < 1.29 is 9.53 Å². The predicted octanol–water partition coefficient (Wildman–Crippen LogP) is 2.27. The molecule has 1 aliphatic rings. The van der Waals surface area contributed by atoms with Crippen molar-refractivity contribution in [2.75, 3.05) is 6.54 Å². The highest BCUT2D eigenvalue weighted by molar-refractivity contribution is 5.69. The third-order valence-electron chi connectivity index (χ3n) is 2.33. The minimum atomic E-state index is -0.456. The molecule has 1 amide bonds. The average Bonchev–Trinajstić information content (AvgIpc) is 2.43. The Morgan fingerprint density at radius 3 is 2.60 bits per heavy atom. The molecule has 0 unspecified atom stereocenters. The topological polar surface area (TPSA) is 29.5 Å². The fourth-order valence-corrected chi connectivity index (χ4v) is 1.73. The molecule has 0 N–H and O–H groups in total. The summed E-state index contributed by atoms with van der Waals surface area (Å²) < 4.78 is 5.29.